The lowest BCUT2D eigenvalue weighted by molar-refractivity contribution is -0.0982. The van der Waals surface area contributed by atoms with E-state index < -0.39 is 0 Å². The normalized spacial score (nSPS) is 28.7. The van der Waals surface area contributed by atoms with Crippen molar-refractivity contribution in [1.29, 1.82) is 0 Å². The third kappa shape index (κ3) is 3.48. The zero-order valence-corrected chi connectivity index (χ0v) is 12.3. The Morgan fingerprint density at radius 1 is 1.28 bits per heavy atom. The second-order valence-electron chi connectivity index (χ2n) is 6.30. The second kappa shape index (κ2) is 6.91. The van der Waals surface area contributed by atoms with Crippen LogP contribution in [0.4, 0.5) is 0 Å². The van der Waals surface area contributed by atoms with Crippen molar-refractivity contribution in [3.8, 4) is 0 Å². The highest BCUT2D eigenvalue weighted by Crippen LogP contribution is 2.43. The van der Waals surface area contributed by atoms with E-state index in [1.54, 1.807) is 0 Å². The van der Waals surface area contributed by atoms with E-state index in [4.69, 9.17) is 4.74 Å². The molecule has 0 bridgehead atoms. The number of ether oxygens (including phenoxy) is 1. The molecule has 2 atom stereocenters. The lowest BCUT2D eigenvalue weighted by Gasteiger charge is -2.41. The number of rotatable bonds is 6. The summed E-state index contributed by atoms with van der Waals surface area (Å²) >= 11 is 0. The van der Waals surface area contributed by atoms with E-state index >= 15 is 0 Å². The van der Waals surface area contributed by atoms with Gasteiger partial charge < -0.3 is 10.1 Å². The molecular weight excluding hydrogens is 222 g/mol. The Balaban J connectivity index is 1.91. The molecule has 2 heteroatoms. The first-order chi connectivity index (χ1) is 8.79. The van der Waals surface area contributed by atoms with E-state index in [1.807, 2.05) is 0 Å². The van der Waals surface area contributed by atoms with Crippen molar-refractivity contribution in [2.24, 2.45) is 5.92 Å². The predicted octanol–water partition coefficient (Wildman–Crippen LogP) is 3.89. The molecule has 1 saturated heterocycles. The monoisotopic (exact) mass is 253 g/mol. The van der Waals surface area contributed by atoms with Crippen LogP contribution in [0.5, 0.6) is 0 Å². The van der Waals surface area contributed by atoms with Gasteiger partial charge in [0.05, 0.1) is 5.60 Å². The Morgan fingerprint density at radius 3 is 2.72 bits per heavy atom. The summed E-state index contributed by atoms with van der Waals surface area (Å²) in [6, 6.07) is 0.733. The lowest BCUT2D eigenvalue weighted by atomic mass is 9.79. The van der Waals surface area contributed by atoms with Crippen molar-refractivity contribution in [2.45, 2.75) is 83.3 Å². The Kier molecular flexibility index (Phi) is 5.50. The van der Waals surface area contributed by atoms with Crippen LogP contribution >= 0.6 is 0 Å². The summed E-state index contributed by atoms with van der Waals surface area (Å²) in [5.41, 5.74) is 0.281. The van der Waals surface area contributed by atoms with E-state index in [-0.39, 0.29) is 5.60 Å². The molecule has 2 aliphatic rings. The molecule has 0 aromatic rings. The molecule has 1 spiro atoms. The molecule has 0 amide bonds. The lowest BCUT2D eigenvalue weighted by Crippen LogP contribution is -2.45. The Morgan fingerprint density at radius 2 is 2.06 bits per heavy atom. The minimum Gasteiger partial charge on any atom is -0.375 e. The van der Waals surface area contributed by atoms with Crippen molar-refractivity contribution < 1.29 is 4.74 Å². The van der Waals surface area contributed by atoms with Crippen LogP contribution < -0.4 is 5.32 Å². The third-order valence-corrected chi connectivity index (χ3v) is 4.95. The maximum Gasteiger partial charge on any atom is 0.0685 e. The van der Waals surface area contributed by atoms with E-state index in [1.165, 1.54) is 57.8 Å². The summed E-state index contributed by atoms with van der Waals surface area (Å²) in [6.45, 7) is 6.65. The van der Waals surface area contributed by atoms with Crippen LogP contribution in [0.3, 0.4) is 0 Å². The van der Waals surface area contributed by atoms with Gasteiger partial charge in [-0.05, 0) is 44.6 Å². The van der Waals surface area contributed by atoms with Crippen LogP contribution in [0.25, 0.3) is 0 Å². The van der Waals surface area contributed by atoms with Crippen molar-refractivity contribution in [3.05, 3.63) is 0 Å². The summed E-state index contributed by atoms with van der Waals surface area (Å²) in [7, 11) is 0. The minimum absolute atomic E-state index is 0.281. The number of unbranched alkanes of at least 4 members (excludes halogenated alkanes) is 1. The Labute approximate surface area is 113 Å². The average molecular weight is 253 g/mol. The molecule has 2 fully saturated rings. The van der Waals surface area contributed by atoms with Gasteiger partial charge in [0.15, 0.2) is 0 Å². The van der Waals surface area contributed by atoms with Crippen molar-refractivity contribution >= 4 is 0 Å². The highest BCUT2D eigenvalue weighted by atomic mass is 16.5. The van der Waals surface area contributed by atoms with Crippen molar-refractivity contribution in [1.82, 2.24) is 5.32 Å². The Bertz CT molecular complexity index is 235. The first kappa shape index (κ1) is 14.3. The summed E-state index contributed by atoms with van der Waals surface area (Å²) < 4.78 is 6.16. The fourth-order valence-electron chi connectivity index (χ4n) is 3.97. The number of hydrogen-bond acceptors (Lipinski definition) is 2. The van der Waals surface area contributed by atoms with Crippen molar-refractivity contribution in [3.63, 3.8) is 0 Å². The molecule has 106 valence electrons. The first-order valence-electron chi connectivity index (χ1n) is 8.17. The van der Waals surface area contributed by atoms with Crippen LogP contribution in [0.15, 0.2) is 0 Å². The fourth-order valence-corrected chi connectivity index (χ4v) is 3.97. The highest BCUT2D eigenvalue weighted by molar-refractivity contribution is 4.94. The quantitative estimate of drug-likeness (QED) is 0.775. The van der Waals surface area contributed by atoms with Gasteiger partial charge in [-0.1, -0.05) is 39.5 Å². The van der Waals surface area contributed by atoms with Crippen LogP contribution in [0.2, 0.25) is 0 Å². The average Bonchev–Trinajstić information content (AvgIpc) is 2.82. The van der Waals surface area contributed by atoms with Crippen LogP contribution in [-0.4, -0.2) is 24.8 Å². The zero-order valence-electron chi connectivity index (χ0n) is 12.3. The molecular formula is C16H31NO. The number of hydrogen-bond donors (Lipinski definition) is 1. The fraction of sp³-hybridized carbons (Fsp3) is 1.00. The maximum absolute atomic E-state index is 6.16. The van der Waals surface area contributed by atoms with E-state index in [0.717, 1.165) is 25.1 Å². The van der Waals surface area contributed by atoms with Gasteiger partial charge in [-0.3, -0.25) is 0 Å². The molecule has 1 saturated carbocycles. The maximum atomic E-state index is 6.16. The minimum atomic E-state index is 0.281. The van der Waals surface area contributed by atoms with Crippen LogP contribution in [0.1, 0.15) is 71.6 Å². The van der Waals surface area contributed by atoms with Gasteiger partial charge in [-0.2, -0.15) is 0 Å². The molecule has 2 unspecified atom stereocenters. The van der Waals surface area contributed by atoms with Crippen LogP contribution in [0, 0.1) is 5.92 Å². The molecule has 0 radical (unpaired) electrons. The van der Waals surface area contributed by atoms with Gasteiger partial charge in [0, 0.05) is 12.6 Å². The topological polar surface area (TPSA) is 21.3 Å². The van der Waals surface area contributed by atoms with Crippen LogP contribution in [-0.2, 0) is 4.74 Å². The summed E-state index contributed by atoms with van der Waals surface area (Å²) in [4.78, 5) is 0. The Hall–Kier alpha value is -0.0800. The van der Waals surface area contributed by atoms with E-state index in [9.17, 15) is 0 Å². The van der Waals surface area contributed by atoms with Gasteiger partial charge in [-0.15, -0.1) is 0 Å². The molecule has 1 aliphatic heterocycles. The molecule has 18 heavy (non-hydrogen) atoms. The second-order valence-corrected chi connectivity index (χ2v) is 6.30. The number of nitrogens with one attached hydrogen (secondary N) is 1. The first-order valence-corrected chi connectivity index (χ1v) is 8.17. The van der Waals surface area contributed by atoms with E-state index in [2.05, 4.69) is 19.2 Å². The summed E-state index contributed by atoms with van der Waals surface area (Å²) in [5, 5.41) is 3.74. The smallest absolute Gasteiger partial charge is 0.0685 e. The van der Waals surface area contributed by atoms with Gasteiger partial charge in [0.25, 0.3) is 0 Å². The SMILES string of the molecule is CCCCC(NCC)C1CCOC2(CCCC2)C1. The molecule has 2 nitrogen and oxygen atoms in total. The predicted molar refractivity (Wildman–Crippen MR) is 76.9 cm³/mol. The van der Waals surface area contributed by atoms with E-state index in [0.29, 0.717) is 0 Å². The molecule has 0 aromatic carbocycles. The highest BCUT2D eigenvalue weighted by Gasteiger charge is 2.41. The largest absolute Gasteiger partial charge is 0.375 e. The zero-order chi connectivity index (χ0) is 12.8. The molecule has 0 aromatic heterocycles. The molecule has 1 heterocycles. The van der Waals surface area contributed by atoms with Gasteiger partial charge in [0.1, 0.15) is 0 Å². The molecule has 1 aliphatic carbocycles. The van der Waals surface area contributed by atoms with Gasteiger partial charge >= 0.3 is 0 Å². The van der Waals surface area contributed by atoms with Crippen molar-refractivity contribution in [2.75, 3.05) is 13.2 Å². The van der Waals surface area contributed by atoms with Gasteiger partial charge in [-0.25, -0.2) is 0 Å². The standard InChI is InChI=1S/C16H31NO/c1-3-5-8-15(17-4-2)14-9-12-18-16(13-14)10-6-7-11-16/h14-15,17H,3-13H2,1-2H3. The molecule has 2 rings (SSSR count). The summed E-state index contributed by atoms with van der Waals surface area (Å²) in [5.74, 6) is 0.850. The third-order valence-electron chi connectivity index (χ3n) is 4.95. The van der Waals surface area contributed by atoms with Gasteiger partial charge in [0.2, 0.25) is 0 Å². The summed E-state index contributed by atoms with van der Waals surface area (Å²) in [6.07, 6.45) is 12.0. The molecule has 1 N–H and O–H groups in total.